The molecule has 1 fully saturated rings. The van der Waals surface area contributed by atoms with Gasteiger partial charge in [0.1, 0.15) is 11.8 Å². The highest BCUT2D eigenvalue weighted by molar-refractivity contribution is 5.86. The number of piperidine rings is 1. The molecule has 0 saturated carbocycles. The molecule has 1 atom stereocenters. The first kappa shape index (κ1) is 18.2. The lowest BCUT2D eigenvalue weighted by Gasteiger charge is -2.33. The summed E-state index contributed by atoms with van der Waals surface area (Å²) in [4.78, 5) is 25.2. The average molecular weight is 381 g/mol. The van der Waals surface area contributed by atoms with Crippen LogP contribution in [0, 0.1) is 0 Å². The van der Waals surface area contributed by atoms with Crippen molar-refractivity contribution in [3.05, 3.63) is 42.4 Å². The van der Waals surface area contributed by atoms with Crippen molar-refractivity contribution in [2.45, 2.75) is 25.4 Å². The lowest BCUT2D eigenvalue weighted by atomic mass is 10.1. The predicted octanol–water partition coefficient (Wildman–Crippen LogP) is 2.30. The van der Waals surface area contributed by atoms with Crippen LogP contribution in [-0.4, -0.2) is 59.2 Å². The van der Waals surface area contributed by atoms with Gasteiger partial charge in [-0.2, -0.15) is 0 Å². The molecule has 0 aliphatic carbocycles. The van der Waals surface area contributed by atoms with Gasteiger partial charge in [-0.05, 0) is 25.0 Å². The van der Waals surface area contributed by atoms with Crippen LogP contribution in [0.3, 0.4) is 0 Å². The van der Waals surface area contributed by atoms with Crippen molar-refractivity contribution in [1.82, 2.24) is 20.0 Å². The van der Waals surface area contributed by atoms with Crippen LogP contribution < -0.4 is 9.64 Å². The largest absolute Gasteiger partial charge is 0.470 e. The molecule has 1 aliphatic heterocycles. The number of amides is 1. The molecular weight excluding hydrogens is 358 g/mol. The van der Waals surface area contributed by atoms with Crippen molar-refractivity contribution in [1.29, 1.82) is 0 Å². The van der Waals surface area contributed by atoms with Crippen molar-refractivity contribution in [3.63, 3.8) is 0 Å². The van der Waals surface area contributed by atoms with Crippen LogP contribution in [0.5, 0.6) is 5.88 Å². The SMILES string of the molecule is CN(C)c1nccnc1O[C@@H]1CCCN(C(=O)Cc2noc3ccccc23)C1. The highest BCUT2D eigenvalue weighted by Gasteiger charge is 2.27. The van der Waals surface area contributed by atoms with Crippen LogP contribution in [0.1, 0.15) is 18.5 Å². The van der Waals surface area contributed by atoms with Gasteiger partial charge in [0.15, 0.2) is 11.4 Å². The summed E-state index contributed by atoms with van der Waals surface area (Å²) in [5.74, 6) is 1.20. The number of anilines is 1. The number of para-hydroxylation sites is 1. The van der Waals surface area contributed by atoms with Crippen LogP contribution in [-0.2, 0) is 11.2 Å². The van der Waals surface area contributed by atoms with E-state index in [-0.39, 0.29) is 18.4 Å². The van der Waals surface area contributed by atoms with Gasteiger partial charge < -0.3 is 19.1 Å². The standard InChI is InChI=1S/C20H23N5O3/c1-24(2)19-20(22-10-9-21-19)27-14-6-5-11-25(13-14)18(26)12-16-15-7-3-4-8-17(15)28-23-16/h3-4,7-10,14H,5-6,11-13H2,1-2H3/t14-/m1/s1. The minimum atomic E-state index is -0.109. The number of rotatable bonds is 5. The second-order valence-electron chi connectivity index (χ2n) is 7.10. The topological polar surface area (TPSA) is 84.6 Å². The second-order valence-corrected chi connectivity index (χ2v) is 7.10. The maximum atomic E-state index is 12.8. The summed E-state index contributed by atoms with van der Waals surface area (Å²) in [5, 5.41) is 4.96. The Labute approximate surface area is 163 Å². The smallest absolute Gasteiger partial charge is 0.257 e. The zero-order chi connectivity index (χ0) is 19.5. The van der Waals surface area contributed by atoms with Crippen LogP contribution in [0.25, 0.3) is 11.0 Å². The number of carbonyl (C=O) groups is 1. The molecule has 4 rings (SSSR count). The molecule has 0 spiro atoms. The number of hydrogen-bond acceptors (Lipinski definition) is 7. The fourth-order valence-corrected chi connectivity index (χ4v) is 3.45. The Balaban J connectivity index is 1.43. The van der Waals surface area contributed by atoms with Crippen molar-refractivity contribution in [2.75, 3.05) is 32.1 Å². The molecule has 3 heterocycles. The number of benzene rings is 1. The fourth-order valence-electron chi connectivity index (χ4n) is 3.45. The molecule has 1 saturated heterocycles. The van der Waals surface area contributed by atoms with Gasteiger partial charge in [-0.1, -0.05) is 17.3 Å². The third-order valence-electron chi connectivity index (χ3n) is 4.85. The van der Waals surface area contributed by atoms with Gasteiger partial charge in [0.05, 0.1) is 13.0 Å². The summed E-state index contributed by atoms with van der Waals surface area (Å²) < 4.78 is 11.4. The zero-order valence-electron chi connectivity index (χ0n) is 16.0. The number of hydrogen-bond donors (Lipinski definition) is 0. The highest BCUT2D eigenvalue weighted by atomic mass is 16.5. The number of nitrogens with zero attached hydrogens (tertiary/aromatic N) is 5. The number of aromatic nitrogens is 3. The molecule has 0 bridgehead atoms. The van der Waals surface area contributed by atoms with Crippen LogP contribution in [0.15, 0.2) is 41.2 Å². The molecule has 0 unspecified atom stereocenters. The summed E-state index contributed by atoms with van der Waals surface area (Å²) in [6, 6.07) is 7.58. The van der Waals surface area contributed by atoms with Crippen molar-refractivity contribution < 1.29 is 14.1 Å². The van der Waals surface area contributed by atoms with E-state index < -0.39 is 0 Å². The molecule has 28 heavy (non-hydrogen) atoms. The van der Waals surface area contributed by atoms with Gasteiger partial charge in [0.25, 0.3) is 5.88 Å². The third kappa shape index (κ3) is 3.76. The van der Waals surface area contributed by atoms with Crippen LogP contribution >= 0.6 is 0 Å². The molecule has 0 radical (unpaired) electrons. The van der Waals surface area contributed by atoms with E-state index in [9.17, 15) is 4.79 Å². The van der Waals surface area contributed by atoms with Gasteiger partial charge in [-0.3, -0.25) is 4.79 Å². The van der Waals surface area contributed by atoms with E-state index in [0.717, 1.165) is 24.8 Å². The summed E-state index contributed by atoms with van der Waals surface area (Å²) in [6.07, 6.45) is 5.12. The van der Waals surface area contributed by atoms with Gasteiger partial charge in [0.2, 0.25) is 5.91 Å². The fraction of sp³-hybridized carbons (Fsp3) is 0.400. The van der Waals surface area contributed by atoms with Crippen molar-refractivity contribution >= 4 is 22.7 Å². The maximum absolute atomic E-state index is 12.8. The predicted molar refractivity (Wildman–Crippen MR) is 104 cm³/mol. The van der Waals surface area contributed by atoms with Crippen LogP contribution in [0.2, 0.25) is 0 Å². The summed E-state index contributed by atoms with van der Waals surface area (Å²) in [6.45, 7) is 1.24. The first-order valence-electron chi connectivity index (χ1n) is 9.38. The first-order valence-corrected chi connectivity index (χ1v) is 9.38. The first-order chi connectivity index (χ1) is 13.6. The Morgan fingerprint density at radius 2 is 2.11 bits per heavy atom. The molecule has 8 nitrogen and oxygen atoms in total. The van der Waals surface area contributed by atoms with Crippen molar-refractivity contribution in [2.24, 2.45) is 0 Å². The number of ether oxygens (including phenoxy) is 1. The molecule has 1 amide bonds. The monoisotopic (exact) mass is 381 g/mol. The summed E-state index contributed by atoms with van der Waals surface area (Å²) in [5.41, 5.74) is 1.37. The molecular formula is C20H23N5O3. The Morgan fingerprint density at radius 1 is 1.29 bits per heavy atom. The molecule has 1 aromatic carbocycles. The maximum Gasteiger partial charge on any atom is 0.257 e. The zero-order valence-corrected chi connectivity index (χ0v) is 16.0. The molecule has 146 valence electrons. The Bertz CT molecular complexity index is 971. The van der Waals surface area contributed by atoms with E-state index in [1.807, 2.05) is 48.2 Å². The molecule has 2 aromatic heterocycles. The van der Waals surface area contributed by atoms with Gasteiger partial charge in [-0.15, -0.1) is 0 Å². The molecule has 8 heteroatoms. The molecule has 0 N–H and O–H groups in total. The van der Waals surface area contributed by atoms with Gasteiger partial charge in [-0.25, -0.2) is 9.97 Å². The third-order valence-corrected chi connectivity index (χ3v) is 4.85. The van der Waals surface area contributed by atoms with Gasteiger partial charge in [0, 0.05) is 38.4 Å². The Kier molecular flexibility index (Phi) is 5.10. The van der Waals surface area contributed by atoms with Gasteiger partial charge >= 0.3 is 0 Å². The number of fused-ring (bicyclic) bond motifs is 1. The molecule has 1 aliphatic rings. The normalized spacial score (nSPS) is 16.9. The van der Waals surface area contributed by atoms with E-state index in [0.29, 0.717) is 29.5 Å². The van der Waals surface area contributed by atoms with Crippen molar-refractivity contribution in [3.8, 4) is 5.88 Å². The summed E-state index contributed by atoms with van der Waals surface area (Å²) in [7, 11) is 3.80. The van der Waals surface area contributed by atoms with E-state index in [2.05, 4.69) is 15.1 Å². The summed E-state index contributed by atoms with van der Waals surface area (Å²) >= 11 is 0. The lowest BCUT2D eigenvalue weighted by molar-refractivity contribution is -0.133. The van der Waals surface area contributed by atoms with E-state index in [1.54, 1.807) is 12.4 Å². The number of carbonyl (C=O) groups excluding carboxylic acids is 1. The highest BCUT2D eigenvalue weighted by Crippen LogP contribution is 2.25. The van der Waals surface area contributed by atoms with E-state index in [4.69, 9.17) is 9.26 Å². The lowest BCUT2D eigenvalue weighted by Crippen LogP contribution is -2.45. The van der Waals surface area contributed by atoms with Crippen LogP contribution in [0.4, 0.5) is 5.82 Å². The average Bonchev–Trinajstić information content (AvgIpc) is 3.11. The Morgan fingerprint density at radius 3 is 2.96 bits per heavy atom. The number of likely N-dealkylation sites (tertiary alicyclic amines) is 1. The molecule has 3 aromatic rings. The Hall–Kier alpha value is -3.16. The minimum absolute atomic E-state index is 0.0272. The second kappa shape index (κ2) is 7.84. The van der Waals surface area contributed by atoms with E-state index in [1.165, 1.54) is 0 Å². The quantitative estimate of drug-likeness (QED) is 0.670. The minimum Gasteiger partial charge on any atom is -0.470 e. The van der Waals surface area contributed by atoms with E-state index >= 15 is 0 Å².